The van der Waals surface area contributed by atoms with E-state index < -0.39 is 0 Å². The highest BCUT2D eigenvalue weighted by Crippen LogP contribution is 2.78. The topological polar surface area (TPSA) is 21.8 Å². The largest absolute Gasteiger partial charge is 0.366 e. The first-order valence-electron chi connectivity index (χ1n) is 7.30. The van der Waals surface area contributed by atoms with Crippen LogP contribution in [0.2, 0.25) is 0 Å². The quantitative estimate of drug-likeness (QED) is 0.416. The number of ether oxygens (including phenoxy) is 2. The van der Waals surface area contributed by atoms with Gasteiger partial charge in [-0.3, -0.25) is 0 Å². The van der Waals surface area contributed by atoms with Crippen molar-refractivity contribution in [2.45, 2.75) is 63.9 Å². The number of fused-ring (bicyclic) bond motifs is 3. The third-order valence-electron chi connectivity index (χ3n) is 7.06. The molecule has 0 N–H and O–H groups in total. The molecule has 2 aliphatic heterocycles. The van der Waals surface area contributed by atoms with Gasteiger partial charge < -0.3 is 9.47 Å². The number of halogens is 1. The fraction of sp³-hybridized carbons (Fsp3) is 0.875. The van der Waals surface area contributed by atoms with Crippen LogP contribution in [0.1, 0.15) is 41.0 Å². The van der Waals surface area contributed by atoms with Crippen LogP contribution in [-0.4, -0.2) is 28.2 Å². The van der Waals surface area contributed by atoms with Crippen LogP contribution < -0.4 is 0 Å². The zero-order valence-corrected chi connectivity index (χ0v) is 14.0. The van der Waals surface area contributed by atoms with Crippen molar-refractivity contribution in [3.8, 4) is 0 Å². The van der Waals surface area contributed by atoms with Gasteiger partial charge in [-0.15, -0.1) is 0 Å². The highest BCUT2D eigenvalue weighted by atomic mass is 79.9. The van der Waals surface area contributed by atoms with Crippen LogP contribution >= 0.6 is 15.9 Å². The van der Waals surface area contributed by atoms with Crippen LogP contribution in [-0.2, 0) is 9.47 Å². The number of hydrogen-bond acceptors (Lipinski definition) is 2. The molecule has 2 bridgehead atoms. The Morgan fingerprint density at radius 2 is 1.89 bits per heavy atom. The van der Waals surface area contributed by atoms with Gasteiger partial charge in [0.2, 0.25) is 0 Å². The van der Waals surface area contributed by atoms with Gasteiger partial charge in [0.15, 0.2) is 0 Å². The summed E-state index contributed by atoms with van der Waals surface area (Å²) in [6, 6.07) is 0. The highest BCUT2D eigenvalue weighted by molar-refractivity contribution is 9.09. The fourth-order valence-corrected chi connectivity index (χ4v) is 6.12. The molecule has 106 valence electrons. The molecule has 2 aliphatic carbocycles. The predicted molar refractivity (Wildman–Crippen MR) is 78.4 cm³/mol. The Labute approximate surface area is 124 Å². The Hall–Kier alpha value is 0.140. The Bertz CT molecular complexity index is 501. The molecule has 2 saturated heterocycles. The summed E-state index contributed by atoms with van der Waals surface area (Å²) in [5.41, 5.74) is -0.0722. The van der Waals surface area contributed by atoms with Crippen molar-refractivity contribution >= 4 is 15.9 Å². The Morgan fingerprint density at radius 1 is 1.21 bits per heavy atom. The maximum absolute atomic E-state index is 6.83. The molecule has 4 rings (SSSR count). The molecule has 6 atom stereocenters. The van der Waals surface area contributed by atoms with Crippen molar-refractivity contribution in [1.29, 1.82) is 0 Å². The summed E-state index contributed by atoms with van der Waals surface area (Å²) in [7, 11) is 0. The minimum atomic E-state index is -0.106. The van der Waals surface area contributed by atoms with Gasteiger partial charge in [0.25, 0.3) is 0 Å². The molecule has 1 saturated carbocycles. The second kappa shape index (κ2) is 3.00. The Morgan fingerprint density at radius 3 is 2.53 bits per heavy atom. The lowest BCUT2D eigenvalue weighted by atomic mass is 9.52. The molecule has 0 radical (unpaired) electrons. The molecular formula is C16H23BrO2. The molecule has 4 aliphatic rings. The first-order chi connectivity index (χ1) is 8.67. The summed E-state index contributed by atoms with van der Waals surface area (Å²) in [5, 5.41) is 0.887. The van der Waals surface area contributed by atoms with Gasteiger partial charge in [-0.05, 0) is 13.8 Å². The summed E-state index contributed by atoms with van der Waals surface area (Å²) in [6.07, 6.45) is 6.22. The summed E-state index contributed by atoms with van der Waals surface area (Å²) in [5.74, 6) is 0.466. The van der Waals surface area contributed by atoms with Crippen molar-refractivity contribution in [1.82, 2.24) is 0 Å². The third-order valence-corrected chi connectivity index (χ3v) is 8.17. The van der Waals surface area contributed by atoms with E-state index in [2.05, 4.69) is 62.7 Å². The standard InChI is InChI=1S/C16H23BrO2/c1-12(2)10-6-7-14(4)15(5)11(18-15)8-16(12,14)19-13(10,3)9-17/h6-7,10-11H,8-9H2,1-5H3/t10?,11-,13-,14?,15-,16?/m1/s1. The Kier molecular flexibility index (Phi) is 2.03. The van der Waals surface area contributed by atoms with Gasteiger partial charge in [0, 0.05) is 28.5 Å². The van der Waals surface area contributed by atoms with E-state index in [1.807, 2.05) is 0 Å². The van der Waals surface area contributed by atoms with Crippen molar-refractivity contribution in [2.75, 3.05) is 5.33 Å². The van der Waals surface area contributed by atoms with Gasteiger partial charge in [0.05, 0.1) is 17.3 Å². The maximum atomic E-state index is 6.83. The summed E-state index contributed by atoms with van der Waals surface area (Å²) >= 11 is 3.68. The van der Waals surface area contributed by atoms with Crippen LogP contribution in [0.4, 0.5) is 0 Å². The van der Waals surface area contributed by atoms with E-state index in [1.54, 1.807) is 0 Å². The molecule has 2 heterocycles. The lowest BCUT2D eigenvalue weighted by Crippen LogP contribution is -2.58. The summed E-state index contributed by atoms with van der Waals surface area (Å²) in [4.78, 5) is 0. The first-order valence-corrected chi connectivity index (χ1v) is 8.42. The molecule has 3 fully saturated rings. The third kappa shape index (κ3) is 1.02. The lowest BCUT2D eigenvalue weighted by Gasteiger charge is -2.53. The zero-order valence-electron chi connectivity index (χ0n) is 12.4. The van der Waals surface area contributed by atoms with Gasteiger partial charge in [-0.1, -0.05) is 48.9 Å². The van der Waals surface area contributed by atoms with Crippen molar-refractivity contribution in [3.05, 3.63) is 12.2 Å². The molecule has 0 aromatic rings. The van der Waals surface area contributed by atoms with Gasteiger partial charge in [0.1, 0.15) is 5.60 Å². The van der Waals surface area contributed by atoms with Crippen molar-refractivity contribution in [2.24, 2.45) is 16.7 Å². The van der Waals surface area contributed by atoms with E-state index in [4.69, 9.17) is 9.47 Å². The molecule has 1 spiro atoms. The van der Waals surface area contributed by atoms with Gasteiger partial charge >= 0.3 is 0 Å². The maximum Gasteiger partial charge on any atom is 0.104 e. The minimum Gasteiger partial charge on any atom is -0.366 e. The number of alkyl halides is 1. The van der Waals surface area contributed by atoms with E-state index in [-0.39, 0.29) is 27.6 Å². The van der Waals surface area contributed by atoms with Gasteiger partial charge in [-0.2, -0.15) is 0 Å². The van der Waals surface area contributed by atoms with Crippen molar-refractivity contribution in [3.63, 3.8) is 0 Å². The van der Waals surface area contributed by atoms with Crippen LogP contribution in [0.15, 0.2) is 12.2 Å². The van der Waals surface area contributed by atoms with Gasteiger partial charge in [-0.25, -0.2) is 0 Å². The van der Waals surface area contributed by atoms with E-state index in [0.717, 1.165) is 11.8 Å². The zero-order chi connectivity index (χ0) is 13.9. The highest BCUT2D eigenvalue weighted by Gasteiger charge is 2.85. The molecular weight excluding hydrogens is 304 g/mol. The smallest absolute Gasteiger partial charge is 0.104 e. The van der Waals surface area contributed by atoms with E-state index in [1.165, 1.54) is 0 Å². The van der Waals surface area contributed by atoms with E-state index >= 15 is 0 Å². The SMILES string of the molecule is CC1(C)C2C=CC3(C)C1(C[C@H]1O[C@]13C)O[C@]2(C)CBr. The average molecular weight is 327 g/mol. The summed E-state index contributed by atoms with van der Waals surface area (Å²) < 4.78 is 12.8. The van der Waals surface area contributed by atoms with Crippen LogP contribution in [0, 0.1) is 16.7 Å². The monoisotopic (exact) mass is 326 g/mol. The second-order valence-corrected chi connectivity index (χ2v) is 8.61. The van der Waals surface area contributed by atoms with E-state index in [0.29, 0.717) is 12.0 Å². The van der Waals surface area contributed by atoms with E-state index in [9.17, 15) is 0 Å². The fourth-order valence-electron chi connectivity index (χ4n) is 5.66. The second-order valence-electron chi connectivity index (χ2n) is 8.05. The molecule has 2 nitrogen and oxygen atoms in total. The molecule has 0 amide bonds. The Balaban J connectivity index is 1.95. The number of epoxide rings is 1. The van der Waals surface area contributed by atoms with Crippen LogP contribution in [0.5, 0.6) is 0 Å². The van der Waals surface area contributed by atoms with Crippen LogP contribution in [0.3, 0.4) is 0 Å². The lowest BCUT2D eigenvalue weighted by molar-refractivity contribution is -0.180. The molecule has 0 aromatic heterocycles. The minimum absolute atomic E-state index is 0.00933. The molecule has 0 aromatic carbocycles. The number of hydrogen-bond donors (Lipinski definition) is 0. The molecule has 3 heteroatoms. The first kappa shape index (κ1) is 12.8. The number of rotatable bonds is 1. The molecule has 19 heavy (non-hydrogen) atoms. The summed E-state index contributed by atoms with van der Waals surface area (Å²) in [6.45, 7) is 11.6. The average Bonchev–Trinajstić information content (AvgIpc) is 2.90. The normalized spacial score (nSPS) is 63.9. The predicted octanol–water partition coefficient (Wildman–Crippen LogP) is 3.69. The van der Waals surface area contributed by atoms with Crippen LogP contribution in [0.25, 0.3) is 0 Å². The molecule has 3 unspecified atom stereocenters. The van der Waals surface area contributed by atoms with Crippen molar-refractivity contribution < 1.29 is 9.47 Å².